The summed E-state index contributed by atoms with van der Waals surface area (Å²) < 4.78 is 0. The molecular weight excluding hydrogens is 256 g/mol. The Hall–Kier alpha value is -1.88. The SMILES string of the molecule is NC1CCCC1C(=O)Nc1cccc(CCC(=O)O)c1. The van der Waals surface area contributed by atoms with E-state index in [0.29, 0.717) is 12.1 Å². The molecule has 5 nitrogen and oxygen atoms in total. The summed E-state index contributed by atoms with van der Waals surface area (Å²) in [6.07, 6.45) is 3.28. The average molecular weight is 276 g/mol. The van der Waals surface area contributed by atoms with E-state index in [9.17, 15) is 9.59 Å². The number of benzene rings is 1. The highest BCUT2D eigenvalue weighted by molar-refractivity contribution is 5.93. The summed E-state index contributed by atoms with van der Waals surface area (Å²) in [4.78, 5) is 22.7. The molecule has 1 saturated carbocycles. The lowest BCUT2D eigenvalue weighted by Crippen LogP contribution is -2.34. The highest BCUT2D eigenvalue weighted by atomic mass is 16.4. The van der Waals surface area contributed by atoms with Crippen LogP contribution in [-0.2, 0) is 16.0 Å². The summed E-state index contributed by atoms with van der Waals surface area (Å²) in [5.41, 5.74) is 7.53. The van der Waals surface area contributed by atoms with Crippen molar-refractivity contribution < 1.29 is 14.7 Å². The van der Waals surface area contributed by atoms with Gasteiger partial charge in [0.05, 0.1) is 5.92 Å². The summed E-state index contributed by atoms with van der Waals surface area (Å²) in [6, 6.07) is 7.26. The lowest BCUT2D eigenvalue weighted by molar-refractivity contribution is -0.137. The van der Waals surface area contributed by atoms with Gasteiger partial charge in [-0.3, -0.25) is 9.59 Å². The third-order valence-corrected chi connectivity index (χ3v) is 3.73. The van der Waals surface area contributed by atoms with Crippen LogP contribution in [0, 0.1) is 5.92 Å². The van der Waals surface area contributed by atoms with E-state index in [1.54, 1.807) is 0 Å². The molecule has 1 aliphatic rings. The lowest BCUT2D eigenvalue weighted by Gasteiger charge is -2.15. The third kappa shape index (κ3) is 3.81. The number of carboxylic acids is 1. The molecule has 2 rings (SSSR count). The van der Waals surface area contributed by atoms with Crippen LogP contribution < -0.4 is 11.1 Å². The maximum atomic E-state index is 12.1. The van der Waals surface area contributed by atoms with Crippen LogP contribution in [0.25, 0.3) is 0 Å². The van der Waals surface area contributed by atoms with Crippen LogP contribution in [-0.4, -0.2) is 23.0 Å². The fourth-order valence-electron chi connectivity index (χ4n) is 2.61. The predicted molar refractivity (Wildman–Crippen MR) is 76.3 cm³/mol. The van der Waals surface area contributed by atoms with Gasteiger partial charge < -0.3 is 16.2 Å². The van der Waals surface area contributed by atoms with Crippen LogP contribution in [0.1, 0.15) is 31.2 Å². The van der Waals surface area contributed by atoms with Gasteiger partial charge in [-0.25, -0.2) is 0 Å². The molecule has 5 heteroatoms. The van der Waals surface area contributed by atoms with Crippen LogP contribution in [0.3, 0.4) is 0 Å². The number of amides is 1. The van der Waals surface area contributed by atoms with Gasteiger partial charge in [0.1, 0.15) is 0 Å². The van der Waals surface area contributed by atoms with E-state index in [1.165, 1.54) is 0 Å². The zero-order valence-corrected chi connectivity index (χ0v) is 11.3. The van der Waals surface area contributed by atoms with Gasteiger partial charge in [-0.2, -0.15) is 0 Å². The van der Waals surface area contributed by atoms with E-state index in [4.69, 9.17) is 10.8 Å². The van der Waals surface area contributed by atoms with Gasteiger partial charge >= 0.3 is 5.97 Å². The predicted octanol–water partition coefficient (Wildman–Crippen LogP) is 1.77. The first-order chi connectivity index (χ1) is 9.56. The largest absolute Gasteiger partial charge is 0.481 e. The fraction of sp³-hybridized carbons (Fsp3) is 0.467. The molecule has 1 aliphatic carbocycles. The Kier molecular flexibility index (Phi) is 4.74. The number of carboxylic acid groups (broad SMARTS) is 1. The Morgan fingerprint density at radius 3 is 2.80 bits per heavy atom. The van der Waals surface area contributed by atoms with E-state index in [-0.39, 0.29) is 24.3 Å². The Morgan fingerprint density at radius 1 is 1.35 bits per heavy atom. The molecule has 1 amide bonds. The molecule has 1 fully saturated rings. The zero-order chi connectivity index (χ0) is 14.5. The van der Waals surface area contributed by atoms with Gasteiger partial charge in [0.15, 0.2) is 0 Å². The minimum Gasteiger partial charge on any atom is -0.481 e. The standard InChI is InChI=1S/C15H20N2O3/c16-13-6-2-5-12(13)15(20)17-11-4-1-3-10(9-11)7-8-14(18)19/h1,3-4,9,12-13H,2,5-8,16H2,(H,17,20)(H,18,19). The molecule has 0 aliphatic heterocycles. The van der Waals surface area contributed by atoms with Crippen molar-refractivity contribution in [3.8, 4) is 0 Å². The number of hydrogen-bond donors (Lipinski definition) is 3. The third-order valence-electron chi connectivity index (χ3n) is 3.73. The molecule has 20 heavy (non-hydrogen) atoms. The van der Waals surface area contributed by atoms with Gasteiger partial charge in [0.25, 0.3) is 0 Å². The number of aliphatic carboxylic acids is 1. The molecule has 0 aromatic heterocycles. The van der Waals surface area contributed by atoms with Crippen molar-refractivity contribution in [2.45, 2.75) is 38.1 Å². The molecular formula is C15H20N2O3. The van der Waals surface area contributed by atoms with Crippen molar-refractivity contribution in [3.63, 3.8) is 0 Å². The van der Waals surface area contributed by atoms with Crippen molar-refractivity contribution in [2.24, 2.45) is 11.7 Å². The summed E-state index contributed by atoms with van der Waals surface area (Å²) >= 11 is 0. The molecule has 2 atom stereocenters. The number of nitrogens with two attached hydrogens (primary N) is 1. The molecule has 0 heterocycles. The molecule has 0 bridgehead atoms. The number of nitrogens with one attached hydrogen (secondary N) is 1. The van der Waals surface area contributed by atoms with Crippen molar-refractivity contribution in [3.05, 3.63) is 29.8 Å². The van der Waals surface area contributed by atoms with Crippen LogP contribution in [0.2, 0.25) is 0 Å². The van der Waals surface area contributed by atoms with Crippen molar-refractivity contribution >= 4 is 17.6 Å². The topological polar surface area (TPSA) is 92.4 Å². The Labute approximate surface area is 118 Å². The van der Waals surface area contributed by atoms with Crippen LogP contribution in [0.5, 0.6) is 0 Å². The molecule has 4 N–H and O–H groups in total. The summed E-state index contributed by atoms with van der Waals surface area (Å²) in [5.74, 6) is -0.973. The molecule has 0 spiro atoms. The highest BCUT2D eigenvalue weighted by Crippen LogP contribution is 2.25. The van der Waals surface area contributed by atoms with Gasteiger partial charge in [-0.05, 0) is 37.0 Å². The van der Waals surface area contributed by atoms with E-state index < -0.39 is 5.97 Å². The van der Waals surface area contributed by atoms with Gasteiger partial charge in [-0.1, -0.05) is 18.6 Å². The Balaban J connectivity index is 1.96. The molecule has 1 aromatic rings. The molecule has 108 valence electrons. The molecule has 0 saturated heterocycles. The number of anilines is 1. The van der Waals surface area contributed by atoms with E-state index in [0.717, 1.165) is 24.8 Å². The first kappa shape index (κ1) is 14.5. The number of hydrogen-bond acceptors (Lipinski definition) is 3. The van der Waals surface area contributed by atoms with Gasteiger partial charge in [-0.15, -0.1) is 0 Å². The van der Waals surface area contributed by atoms with Crippen molar-refractivity contribution in [2.75, 3.05) is 5.32 Å². The number of carbonyl (C=O) groups excluding carboxylic acids is 1. The molecule has 2 unspecified atom stereocenters. The Bertz CT molecular complexity index is 502. The number of aryl methyl sites for hydroxylation is 1. The first-order valence-corrected chi connectivity index (χ1v) is 6.93. The quantitative estimate of drug-likeness (QED) is 0.764. The van der Waals surface area contributed by atoms with Gasteiger partial charge in [0.2, 0.25) is 5.91 Å². The van der Waals surface area contributed by atoms with Crippen molar-refractivity contribution in [1.29, 1.82) is 0 Å². The first-order valence-electron chi connectivity index (χ1n) is 6.93. The van der Waals surface area contributed by atoms with E-state index in [1.807, 2.05) is 24.3 Å². The normalized spacial score (nSPS) is 21.6. The van der Waals surface area contributed by atoms with Crippen LogP contribution in [0.15, 0.2) is 24.3 Å². The fourth-order valence-corrected chi connectivity index (χ4v) is 2.61. The van der Waals surface area contributed by atoms with Crippen LogP contribution >= 0.6 is 0 Å². The second kappa shape index (κ2) is 6.52. The monoisotopic (exact) mass is 276 g/mol. The molecule has 0 radical (unpaired) electrons. The molecule has 1 aromatic carbocycles. The zero-order valence-electron chi connectivity index (χ0n) is 11.3. The summed E-state index contributed by atoms with van der Waals surface area (Å²) in [7, 11) is 0. The highest BCUT2D eigenvalue weighted by Gasteiger charge is 2.30. The number of rotatable bonds is 5. The second-order valence-corrected chi connectivity index (χ2v) is 5.28. The van der Waals surface area contributed by atoms with Crippen LogP contribution in [0.4, 0.5) is 5.69 Å². The summed E-state index contributed by atoms with van der Waals surface area (Å²) in [6.45, 7) is 0. The lowest BCUT2D eigenvalue weighted by atomic mass is 10.0. The number of carbonyl (C=O) groups is 2. The van der Waals surface area contributed by atoms with Gasteiger partial charge in [0, 0.05) is 18.2 Å². The van der Waals surface area contributed by atoms with E-state index >= 15 is 0 Å². The summed E-state index contributed by atoms with van der Waals surface area (Å²) in [5, 5.41) is 11.6. The minimum absolute atomic E-state index is 0.0367. The maximum absolute atomic E-state index is 12.1. The van der Waals surface area contributed by atoms with E-state index in [2.05, 4.69) is 5.32 Å². The maximum Gasteiger partial charge on any atom is 0.303 e. The average Bonchev–Trinajstić information content (AvgIpc) is 2.83. The Morgan fingerprint density at radius 2 is 2.15 bits per heavy atom. The van der Waals surface area contributed by atoms with Crippen molar-refractivity contribution in [1.82, 2.24) is 0 Å². The second-order valence-electron chi connectivity index (χ2n) is 5.28. The smallest absolute Gasteiger partial charge is 0.303 e. The minimum atomic E-state index is -0.823.